The van der Waals surface area contributed by atoms with Crippen LogP contribution in [-0.4, -0.2) is 25.8 Å². The summed E-state index contributed by atoms with van der Waals surface area (Å²) in [5.74, 6) is 0.845. The number of nitrogens with one attached hydrogen (secondary N) is 1. The summed E-state index contributed by atoms with van der Waals surface area (Å²) in [6.45, 7) is 4.15. The van der Waals surface area contributed by atoms with Gasteiger partial charge in [0.05, 0.1) is 11.6 Å². The van der Waals surface area contributed by atoms with Gasteiger partial charge in [0.2, 0.25) is 0 Å². The topological polar surface area (TPSA) is 55.6 Å². The van der Waals surface area contributed by atoms with Gasteiger partial charge in [0.25, 0.3) is 0 Å². The van der Waals surface area contributed by atoms with E-state index >= 15 is 0 Å². The predicted molar refractivity (Wildman–Crippen MR) is 55.1 cm³/mol. The molecule has 0 radical (unpaired) electrons. The smallest absolute Gasteiger partial charge is 0.163 e. The molecule has 0 aromatic carbocycles. The summed E-state index contributed by atoms with van der Waals surface area (Å²) < 4.78 is 1.74. The van der Waals surface area contributed by atoms with Gasteiger partial charge in [0.15, 0.2) is 5.65 Å². The third kappa shape index (κ3) is 1.41. The van der Waals surface area contributed by atoms with Crippen molar-refractivity contribution in [2.24, 2.45) is 7.05 Å². The lowest BCUT2D eigenvalue weighted by atomic mass is 10.3. The van der Waals surface area contributed by atoms with Crippen LogP contribution in [0.25, 0.3) is 11.0 Å². The van der Waals surface area contributed by atoms with Crippen molar-refractivity contribution in [2.75, 3.05) is 5.32 Å². The van der Waals surface area contributed by atoms with E-state index < -0.39 is 0 Å². The standard InChI is InChI=1S/C9H13N5/c1-6(2)13-8-7-4-12-14(3)9(7)11-5-10-8/h4-6H,1-3H3,(H,10,11,13). The number of aromatic nitrogens is 4. The molecule has 0 spiro atoms. The molecule has 14 heavy (non-hydrogen) atoms. The number of fused-ring (bicyclic) bond motifs is 1. The Hall–Kier alpha value is -1.65. The number of aryl methyl sites for hydroxylation is 1. The first-order valence-corrected chi connectivity index (χ1v) is 4.57. The summed E-state index contributed by atoms with van der Waals surface area (Å²) in [5.41, 5.74) is 0.850. The lowest BCUT2D eigenvalue weighted by Crippen LogP contribution is -2.11. The van der Waals surface area contributed by atoms with Gasteiger partial charge in [-0.15, -0.1) is 0 Å². The van der Waals surface area contributed by atoms with Crippen LogP contribution in [0.4, 0.5) is 5.82 Å². The molecular formula is C9H13N5. The first-order chi connectivity index (χ1) is 6.68. The predicted octanol–water partition coefficient (Wildman–Crippen LogP) is 1.18. The fraction of sp³-hybridized carbons (Fsp3) is 0.444. The Morgan fingerprint density at radius 1 is 1.36 bits per heavy atom. The highest BCUT2D eigenvalue weighted by molar-refractivity contribution is 5.86. The van der Waals surface area contributed by atoms with Gasteiger partial charge in [-0.05, 0) is 13.8 Å². The highest BCUT2D eigenvalue weighted by Gasteiger charge is 2.07. The van der Waals surface area contributed by atoms with Crippen molar-refractivity contribution in [1.29, 1.82) is 0 Å². The molecule has 1 N–H and O–H groups in total. The summed E-state index contributed by atoms with van der Waals surface area (Å²) in [5, 5.41) is 8.36. The van der Waals surface area contributed by atoms with Crippen molar-refractivity contribution >= 4 is 16.9 Å². The molecule has 0 saturated carbocycles. The second kappa shape index (κ2) is 3.25. The van der Waals surface area contributed by atoms with Crippen LogP contribution in [-0.2, 0) is 7.05 Å². The molecule has 2 heterocycles. The van der Waals surface area contributed by atoms with E-state index in [1.165, 1.54) is 0 Å². The largest absolute Gasteiger partial charge is 0.367 e. The van der Waals surface area contributed by atoms with Crippen LogP contribution in [0.15, 0.2) is 12.5 Å². The molecule has 5 nitrogen and oxygen atoms in total. The van der Waals surface area contributed by atoms with Gasteiger partial charge >= 0.3 is 0 Å². The van der Waals surface area contributed by atoms with E-state index in [0.717, 1.165) is 16.9 Å². The highest BCUT2D eigenvalue weighted by Crippen LogP contribution is 2.17. The highest BCUT2D eigenvalue weighted by atomic mass is 15.3. The molecule has 0 amide bonds. The Kier molecular flexibility index (Phi) is 2.07. The lowest BCUT2D eigenvalue weighted by Gasteiger charge is -2.08. The Morgan fingerprint density at radius 3 is 2.86 bits per heavy atom. The maximum Gasteiger partial charge on any atom is 0.163 e. The molecule has 0 aliphatic heterocycles. The first-order valence-electron chi connectivity index (χ1n) is 4.57. The van der Waals surface area contributed by atoms with E-state index in [0.29, 0.717) is 6.04 Å². The van der Waals surface area contributed by atoms with Crippen molar-refractivity contribution in [3.05, 3.63) is 12.5 Å². The summed E-state index contributed by atoms with van der Waals surface area (Å²) in [6.07, 6.45) is 3.33. The molecule has 2 rings (SSSR count). The zero-order valence-corrected chi connectivity index (χ0v) is 8.52. The molecule has 2 aromatic heterocycles. The minimum Gasteiger partial charge on any atom is -0.367 e. The normalized spacial score (nSPS) is 11.1. The van der Waals surface area contributed by atoms with E-state index in [1.54, 1.807) is 17.2 Å². The van der Waals surface area contributed by atoms with Gasteiger partial charge in [-0.2, -0.15) is 5.10 Å². The summed E-state index contributed by atoms with van der Waals surface area (Å²) in [7, 11) is 1.87. The first kappa shape index (κ1) is 8.93. The number of hydrogen-bond donors (Lipinski definition) is 1. The second-order valence-corrected chi connectivity index (χ2v) is 3.53. The fourth-order valence-corrected chi connectivity index (χ4v) is 1.35. The molecule has 0 bridgehead atoms. The van der Waals surface area contributed by atoms with Crippen LogP contribution in [0.3, 0.4) is 0 Å². The Bertz CT molecular complexity index is 445. The van der Waals surface area contributed by atoms with Crippen molar-refractivity contribution in [3.8, 4) is 0 Å². The van der Waals surface area contributed by atoms with Gasteiger partial charge in [-0.3, -0.25) is 4.68 Å². The number of anilines is 1. The molecule has 74 valence electrons. The average Bonchev–Trinajstić information content (AvgIpc) is 2.49. The van der Waals surface area contributed by atoms with E-state index in [2.05, 4.69) is 34.2 Å². The zero-order valence-electron chi connectivity index (χ0n) is 8.52. The maximum absolute atomic E-state index is 4.18. The van der Waals surface area contributed by atoms with Crippen molar-refractivity contribution in [2.45, 2.75) is 19.9 Å². The SMILES string of the molecule is CC(C)Nc1ncnc2c1cnn2C. The van der Waals surface area contributed by atoms with Gasteiger partial charge in [0, 0.05) is 13.1 Å². The van der Waals surface area contributed by atoms with Crippen molar-refractivity contribution in [3.63, 3.8) is 0 Å². The molecule has 0 aliphatic carbocycles. The molecule has 0 atom stereocenters. The lowest BCUT2D eigenvalue weighted by molar-refractivity contribution is 0.785. The maximum atomic E-state index is 4.18. The Balaban J connectivity index is 2.54. The summed E-state index contributed by atoms with van der Waals surface area (Å²) in [4.78, 5) is 8.34. The molecular weight excluding hydrogens is 178 g/mol. The van der Waals surface area contributed by atoms with Crippen molar-refractivity contribution in [1.82, 2.24) is 19.7 Å². The number of nitrogens with zero attached hydrogens (tertiary/aromatic N) is 4. The number of hydrogen-bond acceptors (Lipinski definition) is 4. The second-order valence-electron chi connectivity index (χ2n) is 3.53. The molecule has 0 aliphatic rings. The summed E-state index contributed by atoms with van der Waals surface area (Å²) in [6, 6.07) is 0.355. The third-order valence-electron chi connectivity index (χ3n) is 1.95. The van der Waals surface area contributed by atoms with Crippen LogP contribution in [0.5, 0.6) is 0 Å². The molecule has 0 unspecified atom stereocenters. The molecule has 0 fully saturated rings. The van der Waals surface area contributed by atoms with Crippen LogP contribution < -0.4 is 5.32 Å². The fourth-order valence-electron chi connectivity index (χ4n) is 1.35. The van der Waals surface area contributed by atoms with E-state index in [9.17, 15) is 0 Å². The summed E-state index contributed by atoms with van der Waals surface area (Å²) >= 11 is 0. The third-order valence-corrected chi connectivity index (χ3v) is 1.95. The van der Waals surface area contributed by atoms with Gasteiger partial charge in [-0.1, -0.05) is 0 Å². The Morgan fingerprint density at radius 2 is 2.14 bits per heavy atom. The van der Waals surface area contributed by atoms with E-state index in [-0.39, 0.29) is 0 Å². The number of rotatable bonds is 2. The van der Waals surface area contributed by atoms with E-state index in [1.807, 2.05) is 7.05 Å². The van der Waals surface area contributed by atoms with Crippen LogP contribution in [0, 0.1) is 0 Å². The van der Waals surface area contributed by atoms with Crippen LogP contribution in [0.1, 0.15) is 13.8 Å². The molecule has 0 saturated heterocycles. The average molecular weight is 191 g/mol. The van der Waals surface area contributed by atoms with Crippen molar-refractivity contribution < 1.29 is 0 Å². The van der Waals surface area contributed by atoms with Gasteiger partial charge < -0.3 is 5.32 Å². The van der Waals surface area contributed by atoms with E-state index in [4.69, 9.17) is 0 Å². The monoisotopic (exact) mass is 191 g/mol. The minimum atomic E-state index is 0.355. The Labute approximate surface area is 82.2 Å². The minimum absolute atomic E-state index is 0.355. The molecule has 5 heteroatoms. The quantitative estimate of drug-likeness (QED) is 0.774. The van der Waals surface area contributed by atoms with Crippen LogP contribution >= 0.6 is 0 Å². The zero-order chi connectivity index (χ0) is 10.1. The van der Waals surface area contributed by atoms with Crippen LogP contribution in [0.2, 0.25) is 0 Å². The van der Waals surface area contributed by atoms with Gasteiger partial charge in [0.1, 0.15) is 12.1 Å². The molecule has 2 aromatic rings. The van der Waals surface area contributed by atoms with Gasteiger partial charge in [-0.25, -0.2) is 9.97 Å².